The molecule has 2 aliphatic heterocycles. The van der Waals surface area contributed by atoms with Crippen molar-refractivity contribution in [2.75, 3.05) is 51.0 Å². The monoisotopic (exact) mass is 425 g/mol. The molecular formula is C23H27N3O3S. The minimum absolute atomic E-state index is 0.0596. The Balaban J connectivity index is 1.26. The third-order valence-corrected chi connectivity index (χ3v) is 6.56. The first kappa shape index (κ1) is 20.8. The number of hydrogen-bond acceptors (Lipinski definition) is 5. The highest BCUT2D eigenvalue weighted by Gasteiger charge is 2.38. The molecule has 30 heavy (non-hydrogen) atoms. The van der Waals surface area contributed by atoms with E-state index in [1.807, 2.05) is 65.6 Å². The first-order valence-corrected chi connectivity index (χ1v) is 11.5. The maximum absolute atomic E-state index is 13.1. The summed E-state index contributed by atoms with van der Waals surface area (Å²) >= 11 is 1.65. The van der Waals surface area contributed by atoms with Crippen LogP contribution in [0.15, 0.2) is 60.7 Å². The van der Waals surface area contributed by atoms with Gasteiger partial charge in [-0.15, -0.1) is 11.8 Å². The average molecular weight is 426 g/mol. The Kier molecular flexibility index (Phi) is 6.92. The third kappa shape index (κ3) is 4.96. The van der Waals surface area contributed by atoms with Crippen LogP contribution in [0.2, 0.25) is 0 Å². The Hall–Kier alpha value is -2.51. The van der Waals surface area contributed by atoms with E-state index >= 15 is 0 Å². The molecule has 4 rings (SSSR count). The van der Waals surface area contributed by atoms with Crippen LogP contribution in [0.4, 0.5) is 0 Å². The Morgan fingerprint density at radius 3 is 2.30 bits per heavy atom. The molecule has 2 aliphatic rings. The summed E-state index contributed by atoms with van der Waals surface area (Å²) < 4.78 is 5.78. The van der Waals surface area contributed by atoms with Gasteiger partial charge in [0.25, 0.3) is 5.91 Å². The van der Waals surface area contributed by atoms with Crippen molar-refractivity contribution >= 4 is 23.6 Å². The van der Waals surface area contributed by atoms with E-state index in [1.54, 1.807) is 16.7 Å². The summed E-state index contributed by atoms with van der Waals surface area (Å²) in [7, 11) is 0. The number of carbonyl (C=O) groups excluding carboxylic acids is 2. The fourth-order valence-electron chi connectivity index (χ4n) is 3.81. The van der Waals surface area contributed by atoms with Crippen LogP contribution >= 0.6 is 11.8 Å². The lowest BCUT2D eigenvalue weighted by Crippen LogP contribution is -2.55. The van der Waals surface area contributed by atoms with Gasteiger partial charge in [-0.05, 0) is 24.3 Å². The van der Waals surface area contributed by atoms with E-state index in [0.717, 1.165) is 25.4 Å². The summed E-state index contributed by atoms with van der Waals surface area (Å²) in [5.41, 5.74) is 0.640. The fourth-order valence-corrected chi connectivity index (χ4v) is 4.95. The second-order valence-electron chi connectivity index (χ2n) is 7.49. The number of amides is 2. The van der Waals surface area contributed by atoms with Crippen molar-refractivity contribution in [1.29, 1.82) is 0 Å². The number of piperazine rings is 1. The molecule has 2 fully saturated rings. The lowest BCUT2D eigenvalue weighted by molar-refractivity contribution is -0.136. The zero-order chi connectivity index (χ0) is 20.8. The molecule has 0 N–H and O–H groups in total. The van der Waals surface area contributed by atoms with Gasteiger partial charge >= 0.3 is 0 Å². The highest BCUT2D eigenvalue weighted by Crippen LogP contribution is 2.25. The largest absolute Gasteiger partial charge is 0.492 e. The van der Waals surface area contributed by atoms with Crippen LogP contribution in [0, 0.1) is 0 Å². The predicted octanol–water partition coefficient (Wildman–Crippen LogP) is 2.42. The molecule has 0 aromatic heterocycles. The van der Waals surface area contributed by atoms with Gasteiger partial charge in [-0.2, -0.15) is 0 Å². The van der Waals surface area contributed by atoms with Crippen molar-refractivity contribution in [3.63, 3.8) is 0 Å². The summed E-state index contributed by atoms with van der Waals surface area (Å²) in [4.78, 5) is 31.9. The van der Waals surface area contributed by atoms with Crippen molar-refractivity contribution in [1.82, 2.24) is 14.7 Å². The van der Waals surface area contributed by atoms with Gasteiger partial charge in [-0.25, -0.2) is 0 Å². The van der Waals surface area contributed by atoms with Gasteiger partial charge in [0.2, 0.25) is 5.91 Å². The molecule has 6 nitrogen and oxygen atoms in total. The normalized spacial score (nSPS) is 19.7. The topological polar surface area (TPSA) is 53.1 Å². The molecule has 158 valence electrons. The quantitative estimate of drug-likeness (QED) is 0.712. The molecule has 2 aromatic rings. The van der Waals surface area contributed by atoms with Crippen molar-refractivity contribution in [2.24, 2.45) is 0 Å². The molecular weight excluding hydrogens is 398 g/mol. The molecule has 0 unspecified atom stereocenters. The van der Waals surface area contributed by atoms with Crippen LogP contribution < -0.4 is 4.74 Å². The molecule has 2 amide bonds. The zero-order valence-electron chi connectivity index (χ0n) is 17.0. The third-order valence-electron chi connectivity index (χ3n) is 5.55. The van der Waals surface area contributed by atoms with Gasteiger partial charge in [-0.1, -0.05) is 36.4 Å². The van der Waals surface area contributed by atoms with E-state index in [1.165, 1.54) is 0 Å². The van der Waals surface area contributed by atoms with Crippen LogP contribution in [0.5, 0.6) is 5.75 Å². The first-order chi connectivity index (χ1) is 14.7. The maximum atomic E-state index is 13.1. The van der Waals surface area contributed by atoms with Crippen LogP contribution in [0.25, 0.3) is 0 Å². The standard InChI is InChI=1S/C23H27N3O3S/c27-22(19-7-3-1-4-8-19)26-18-30-17-21(26)23(28)25-13-11-24(12-14-25)15-16-29-20-9-5-2-6-10-20/h1-10,21H,11-18H2/t21-/m0/s1. The molecule has 7 heteroatoms. The molecule has 2 aromatic carbocycles. The Labute approximate surface area is 181 Å². The van der Waals surface area contributed by atoms with Gasteiger partial charge in [0.1, 0.15) is 18.4 Å². The summed E-state index contributed by atoms with van der Waals surface area (Å²) in [6, 6.07) is 18.7. The molecule has 1 atom stereocenters. The number of carbonyl (C=O) groups is 2. The maximum Gasteiger partial charge on any atom is 0.255 e. The van der Waals surface area contributed by atoms with Crippen LogP contribution in [-0.2, 0) is 4.79 Å². The molecule has 2 saturated heterocycles. The Bertz CT molecular complexity index is 841. The molecule has 0 aliphatic carbocycles. The number of para-hydroxylation sites is 1. The van der Waals surface area contributed by atoms with Gasteiger partial charge in [0.05, 0.1) is 5.88 Å². The minimum Gasteiger partial charge on any atom is -0.492 e. The zero-order valence-corrected chi connectivity index (χ0v) is 17.8. The molecule has 0 spiro atoms. The van der Waals surface area contributed by atoms with Gasteiger partial charge in [0.15, 0.2) is 0 Å². The van der Waals surface area contributed by atoms with Gasteiger partial charge in [0, 0.05) is 44.0 Å². The molecule has 0 bridgehead atoms. The van der Waals surface area contributed by atoms with Crippen LogP contribution in [0.3, 0.4) is 0 Å². The van der Waals surface area contributed by atoms with E-state index in [0.29, 0.717) is 36.9 Å². The lowest BCUT2D eigenvalue weighted by atomic mass is 10.1. The minimum atomic E-state index is -0.365. The number of ether oxygens (including phenoxy) is 1. The van der Waals surface area contributed by atoms with E-state index in [4.69, 9.17) is 4.74 Å². The van der Waals surface area contributed by atoms with E-state index < -0.39 is 0 Å². The predicted molar refractivity (Wildman–Crippen MR) is 119 cm³/mol. The number of nitrogens with zero attached hydrogens (tertiary/aromatic N) is 3. The van der Waals surface area contributed by atoms with E-state index in [2.05, 4.69) is 4.90 Å². The van der Waals surface area contributed by atoms with Crippen molar-refractivity contribution < 1.29 is 14.3 Å². The second kappa shape index (κ2) is 10.00. The van der Waals surface area contributed by atoms with E-state index in [-0.39, 0.29) is 17.9 Å². The summed E-state index contributed by atoms with van der Waals surface area (Å²) in [6.45, 7) is 4.52. The van der Waals surface area contributed by atoms with Crippen molar-refractivity contribution in [2.45, 2.75) is 6.04 Å². The fraction of sp³-hybridized carbons (Fsp3) is 0.391. The van der Waals surface area contributed by atoms with Crippen LogP contribution in [0.1, 0.15) is 10.4 Å². The number of thioether (sulfide) groups is 1. The Morgan fingerprint density at radius 1 is 0.933 bits per heavy atom. The smallest absolute Gasteiger partial charge is 0.255 e. The first-order valence-electron chi connectivity index (χ1n) is 10.3. The van der Waals surface area contributed by atoms with Gasteiger partial charge in [-0.3, -0.25) is 14.5 Å². The SMILES string of the molecule is O=C([C@@H]1CSCN1C(=O)c1ccccc1)N1CCN(CCOc2ccccc2)CC1. The molecule has 0 saturated carbocycles. The summed E-state index contributed by atoms with van der Waals surface area (Å²) in [5.74, 6) is 2.14. The van der Waals surface area contributed by atoms with E-state index in [9.17, 15) is 9.59 Å². The molecule has 2 heterocycles. The summed E-state index contributed by atoms with van der Waals surface area (Å²) in [6.07, 6.45) is 0. The Morgan fingerprint density at radius 2 is 1.60 bits per heavy atom. The number of hydrogen-bond donors (Lipinski definition) is 0. The second-order valence-corrected chi connectivity index (χ2v) is 8.48. The number of benzene rings is 2. The average Bonchev–Trinajstić information content (AvgIpc) is 3.30. The van der Waals surface area contributed by atoms with Crippen molar-refractivity contribution in [3.05, 3.63) is 66.2 Å². The molecule has 0 radical (unpaired) electrons. The lowest BCUT2D eigenvalue weighted by Gasteiger charge is -2.37. The van der Waals surface area contributed by atoms with Gasteiger partial charge < -0.3 is 14.5 Å². The van der Waals surface area contributed by atoms with Crippen molar-refractivity contribution in [3.8, 4) is 5.75 Å². The summed E-state index contributed by atoms with van der Waals surface area (Å²) in [5, 5.41) is 0. The van der Waals surface area contributed by atoms with Crippen LogP contribution in [-0.4, -0.2) is 83.5 Å². The highest BCUT2D eigenvalue weighted by atomic mass is 32.2. The highest BCUT2D eigenvalue weighted by molar-refractivity contribution is 7.99. The number of rotatable bonds is 6.